The molecule has 1 amide bonds. The number of amides is 1. The van der Waals surface area contributed by atoms with Gasteiger partial charge in [-0.1, -0.05) is 17.8 Å². The Morgan fingerprint density at radius 1 is 1.56 bits per heavy atom. The fraction of sp³-hybridized carbons (Fsp3) is 0.545. The Bertz CT molecular complexity index is 420. The number of hydrazone groups is 1. The van der Waals surface area contributed by atoms with Crippen molar-refractivity contribution in [1.29, 1.82) is 0 Å². The number of aliphatic carboxylic acids is 1. The van der Waals surface area contributed by atoms with Crippen molar-refractivity contribution in [2.75, 3.05) is 0 Å². The van der Waals surface area contributed by atoms with Crippen LogP contribution in [0.15, 0.2) is 16.9 Å². The predicted octanol–water partition coefficient (Wildman–Crippen LogP) is -0.324. The molecular formula is C11H14N3O3S-. The molecule has 0 radical (unpaired) electrons. The summed E-state index contributed by atoms with van der Waals surface area (Å²) in [6, 6.07) is 0. The third-order valence-electron chi connectivity index (χ3n) is 2.73. The van der Waals surface area contributed by atoms with Gasteiger partial charge >= 0.3 is 0 Å². The van der Waals surface area contributed by atoms with Crippen LogP contribution in [0.1, 0.15) is 32.1 Å². The highest BCUT2D eigenvalue weighted by molar-refractivity contribution is 8.15. The largest absolute Gasteiger partial charge is 0.549 e. The second-order valence-electron chi connectivity index (χ2n) is 4.18. The van der Waals surface area contributed by atoms with Crippen molar-refractivity contribution in [1.82, 2.24) is 10.7 Å². The van der Waals surface area contributed by atoms with Crippen LogP contribution in [0.2, 0.25) is 0 Å². The molecule has 1 aliphatic heterocycles. The van der Waals surface area contributed by atoms with Crippen LogP contribution in [0.3, 0.4) is 0 Å². The smallest absolute Gasteiger partial charge is 0.227 e. The summed E-state index contributed by atoms with van der Waals surface area (Å²) in [7, 11) is 0. The van der Waals surface area contributed by atoms with Gasteiger partial charge in [-0.25, -0.2) is 0 Å². The van der Waals surface area contributed by atoms with E-state index in [2.05, 4.69) is 21.9 Å². The molecule has 1 aliphatic carbocycles. The van der Waals surface area contributed by atoms with Gasteiger partial charge in [0.2, 0.25) is 5.91 Å². The average molecular weight is 268 g/mol. The Balaban J connectivity index is 1.96. The van der Waals surface area contributed by atoms with Crippen molar-refractivity contribution in [3.8, 4) is 0 Å². The highest BCUT2D eigenvalue weighted by Gasteiger charge is 2.25. The number of carbonyl (C=O) groups excluding carboxylic acids is 2. The lowest BCUT2D eigenvalue weighted by atomic mass is 10.1. The molecule has 2 rings (SSSR count). The Labute approximate surface area is 109 Å². The summed E-state index contributed by atoms with van der Waals surface area (Å²) in [5.41, 5.74) is 3.88. The number of nitrogens with one attached hydrogen (secondary N) is 2. The van der Waals surface area contributed by atoms with Gasteiger partial charge in [-0.15, -0.1) is 0 Å². The minimum atomic E-state index is -1.24. The zero-order valence-corrected chi connectivity index (χ0v) is 10.6. The van der Waals surface area contributed by atoms with E-state index in [1.165, 1.54) is 6.42 Å². The molecular weight excluding hydrogens is 254 g/mol. The van der Waals surface area contributed by atoms with Gasteiger partial charge in [-0.05, 0) is 25.7 Å². The summed E-state index contributed by atoms with van der Waals surface area (Å²) in [6.07, 6.45) is 6.24. The zero-order chi connectivity index (χ0) is 13.0. The maximum absolute atomic E-state index is 11.3. The SMILES string of the molecule is O=C1CC(C(=O)[O-])S/C(=N/NC2=CCCCC2)N1. The molecule has 2 N–H and O–H groups in total. The van der Waals surface area contributed by atoms with Gasteiger partial charge in [0.25, 0.3) is 0 Å². The molecule has 1 atom stereocenters. The molecule has 6 nitrogen and oxygen atoms in total. The van der Waals surface area contributed by atoms with Crippen LogP contribution >= 0.6 is 11.8 Å². The van der Waals surface area contributed by atoms with Crippen molar-refractivity contribution in [3.63, 3.8) is 0 Å². The van der Waals surface area contributed by atoms with Crippen LogP contribution in [0.4, 0.5) is 0 Å². The Kier molecular flexibility index (Phi) is 4.24. The molecule has 0 aromatic rings. The molecule has 1 saturated heterocycles. The summed E-state index contributed by atoms with van der Waals surface area (Å²) in [6.45, 7) is 0. The third kappa shape index (κ3) is 3.49. The molecule has 98 valence electrons. The van der Waals surface area contributed by atoms with E-state index in [9.17, 15) is 14.7 Å². The highest BCUT2D eigenvalue weighted by atomic mass is 32.2. The number of hydrogen-bond acceptors (Lipinski definition) is 6. The van der Waals surface area contributed by atoms with Gasteiger partial charge in [-0.3, -0.25) is 10.2 Å². The first kappa shape index (κ1) is 12.9. The number of allylic oxidation sites excluding steroid dienone is 2. The van der Waals surface area contributed by atoms with Gasteiger partial charge < -0.3 is 15.2 Å². The predicted molar refractivity (Wildman–Crippen MR) is 66.3 cm³/mol. The van der Waals surface area contributed by atoms with Crippen LogP contribution in [0.5, 0.6) is 0 Å². The normalized spacial score (nSPS) is 26.4. The summed E-state index contributed by atoms with van der Waals surface area (Å²) in [5, 5.41) is 16.7. The lowest BCUT2D eigenvalue weighted by Crippen LogP contribution is -2.45. The maximum Gasteiger partial charge on any atom is 0.227 e. The molecule has 0 aromatic heterocycles. The number of thioether (sulfide) groups is 1. The van der Waals surface area contributed by atoms with Gasteiger partial charge in [0.15, 0.2) is 5.17 Å². The number of rotatable bonds is 3. The van der Waals surface area contributed by atoms with Gasteiger partial charge in [0, 0.05) is 12.1 Å². The first-order chi connectivity index (χ1) is 8.65. The molecule has 2 aliphatic rings. The second kappa shape index (κ2) is 5.90. The van der Waals surface area contributed by atoms with Crippen molar-refractivity contribution < 1.29 is 14.7 Å². The topological polar surface area (TPSA) is 93.6 Å². The molecule has 7 heteroatoms. The van der Waals surface area contributed by atoms with E-state index < -0.39 is 11.2 Å². The lowest BCUT2D eigenvalue weighted by molar-refractivity contribution is -0.304. The zero-order valence-electron chi connectivity index (χ0n) is 9.77. The molecule has 0 spiro atoms. The second-order valence-corrected chi connectivity index (χ2v) is 5.37. The number of nitrogens with zero attached hydrogens (tertiary/aromatic N) is 1. The average Bonchev–Trinajstić information content (AvgIpc) is 2.37. The maximum atomic E-state index is 11.3. The lowest BCUT2D eigenvalue weighted by Gasteiger charge is -2.23. The Morgan fingerprint density at radius 3 is 3.06 bits per heavy atom. The highest BCUT2D eigenvalue weighted by Crippen LogP contribution is 2.20. The van der Waals surface area contributed by atoms with Crippen molar-refractivity contribution >= 4 is 28.8 Å². The van der Waals surface area contributed by atoms with Crippen LogP contribution in [-0.4, -0.2) is 22.3 Å². The van der Waals surface area contributed by atoms with E-state index in [1.807, 2.05) is 0 Å². The van der Waals surface area contributed by atoms with E-state index in [0.717, 1.165) is 36.7 Å². The van der Waals surface area contributed by atoms with E-state index in [1.54, 1.807) is 0 Å². The van der Waals surface area contributed by atoms with Gasteiger partial charge in [-0.2, -0.15) is 5.10 Å². The minimum absolute atomic E-state index is 0.0747. The first-order valence-corrected chi connectivity index (χ1v) is 6.73. The number of carboxylic acid groups (broad SMARTS) is 1. The first-order valence-electron chi connectivity index (χ1n) is 5.85. The summed E-state index contributed by atoms with van der Waals surface area (Å²) in [4.78, 5) is 22.1. The van der Waals surface area contributed by atoms with Gasteiger partial charge in [0.1, 0.15) is 0 Å². The molecule has 0 saturated carbocycles. The fourth-order valence-corrected chi connectivity index (χ4v) is 2.66. The number of amidine groups is 1. The van der Waals surface area contributed by atoms with E-state index in [4.69, 9.17) is 0 Å². The third-order valence-corrected chi connectivity index (χ3v) is 3.79. The Hall–Kier alpha value is -1.50. The molecule has 1 unspecified atom stereocenters. The standard InChI is InChI=1S/C11H15N3O3S/c15-9-6-8(10(16)17)18-11(12-9)14-13-7-4-2-1-3-5-7/h4,8,13H,1-3,5-6H2,(H,16,17)(H,12,14,15)/p-1. The monoisotopic (exact) mass is 268 g/mol. The van der Waals surface area contributed by atoms with Crippen LogP contribution < -0.4 is 15.8 Å². The summed E-state index contributed by atoms with van der Waals surface area (Å²) in [5.74, 6) is -1.58. The van der Waals surface area contributed by atoms with Crippen molar-refractivity contribution in [2.24, 2.45) is 5.10 Å². The minimum Gasteiger partial charge on any atom is -0.549 e. The quantitative estimate of drug-likeness (QED) is 0.684. The number of hydrogen-bond donors (Lipinski definition) is 2. The summed E-state index contributed by atoms with van der Waals surface area (Å²) < 4.78 is 0. The Morgan fingerprint density at radius 2 is 2.39 bits per heavy atom. The van der Waals surface area contributed by atoms with Crippen molar-refractivity contribution in [3.05, 3.63) is 11.8 Å². The fourth-order valence-electron chi connectivity index (χ4n) is 1.79. The van der Waals surface area contributed by atoms with Crippen LogP contribution in [0, 0.1) is 0 Å². The number of carboxylic acids is 1. The molecule has 1 fully saturated rings. The molecule has 0 bridgehead atoms. The van der Waals surface area contributed by atoms with Gasteiger partial charge in [0.05, 0.1) is 11.2 Å². The van der Waals surface area contributed by atoms with E-state index in [-0.39, 0.29) is 17.5 Å². The van der Waals surface area contributed by atoms with Crippen molar-refractivity contribution in [2.45, 2.75) is 37.4 Å². The van der Waals surface area contributed by atoms with Crippen LogP contribution in [0.25, 0.3) is 0 Å². The molecule has 0 aromatic carbocycles. The molecule has 18 heavy (non-hydrogen) atoms. The number of carbonyl (C=O) groups is 2. The van der Waals surface area contributed by atoms with Crippen LogP contribution in [-0.2, 0) is 9.59 Å². The summed E-state index contributed by atoms with van der Waals surface area (Å²) >= 11 is 0.998. The van der Waals surface area contributed by atoms with E-state index >= 15 is 0 Å². The van der Waals surface area contributed by atoms with E-state index in [0.29, 0.717) is 0 Å². The molecule has 1 heterocycles.